The lowest BCUT2D eigenvalue weighted by molar-refractivity contribution is -0.123. The van der Waals surface area contributed by atoms with E-state index in [2.05, 4.69) is 16.0 Å². The summed E-state index contributed by atoms with van der Waals surface area (Å²) in [7, 11) is 3.20. The molecule has 1 aromatic rings. The minimum absolute atomic E-state index is 0.0159. The maximum absolute atomic E-state index is 12.0. The SMILES string of the molecule is CN/C(N)=C(\C=O)N(C)CC(=O)NCS/C=C(\N)c1ccc(NC(=O)C(C)(C)C)cc1. The van der Waals surface area contributed by atoms with E-state index in [1.54, 1.807) is 31.6 Å². The summed E-state index contributed by atoms with van der Waals surface area (Å²) in [6, 6.07) is 7.21. The number of nitrogens with zero attached hydrogens (tertiary/aromatic N) is 1. The molecule has 0 fully saturated rings. The molecule has 0 aliphatic heterocycles. The number of thioether (sulfide) groups is 1. The largest absolute Gasteiger partial charge is 0.398 e. The molecule has 0 aliphatic carbocycles. The van der Waals surface area contributed by atoms with Crippen molar-refractivity contribution < 1.29 is 14.4 Å². The zero-order chi connectivity index (χ0) is 23.6. The average molecular weight is 449 g/mol. The predicted octanol–water partition coefficient (Wildman–Crippen LogP) is 1.21. The molecular weight excluding hydrogens is 416 g/mol. The Morgan fingerprint density at radius 3 is 2.29 bits per heavy atom. The Hall–Kier alpha value is -3.14. The van der Waals surface area contributed by atoms with Crippen molar-refractivity contribution in [3.05, 3.63) is 46.8 Å². The zero-order valence-corrected chi connectivity index (χ0v) is 19.4. The predicted molar refractivity (Wildman–Crippen MR) is 126 cm³/mol. The molecule has 0 bridgehead atoms. The molecule has 0 unspecified atom stereocenters. The van der Waals surface area contributed by atoms with Crippen LogP contribution in [0.15, 0.2) is 41.2 Å². The molecule has 170 valence electrons. The van der Waals surface area contributed by atoms with Crippen LogP contribution in [0.5, 0.6) is 0 Å². The quantitative estimate of drug-likeness (QED) is 0.156. The molecule has 0 heterocycles. The van der Waals surface area contributed by atoms with Crippen LogP contribution in [0.4, 0.5) is 5.69 Å². The molecule has 0 radical (unpaired) electrons. The van der Waals surface area contributed by atoms with Crippen molar-refractivity contribution in [2.45, 2.75) is 20.8 Å². The van der Waals surface area contributed by atoms with Gasteiger partial charge in [-0.1, -0.05) is 32.9 Å². The molecule has 7 N–H and O–H groups in total. The fourth-order valence-electron chi connectivity index (χ4n) is 2.23. The van der Waals surface area contributed by atoms with E-state index >= 15 is 0 Å². The van der Waals surface area contributed by atoms with Gasteiger partial charge < -0.3 is 32.3 Å². The van der Waals surface area contributed by atoms with Crippen LogP contribution in [-0.2, 0) is 14.4 Å². The molecule has 31 heavy (non-hydrogen) atoms. The summed E-state index contributed by atoms with van der Waals surface area (Å²) in [5.41, 5.74) is 13.5. The molecule has 0 saturated carbocycles. The number of rotatable bonds is 10. The summed E-state index contributed by atoms with van der Waals surface area (Å²) in [6.45, 7) is 5.53. The van der Waals surface area contributed by atoms with Crippen LogP contribution in [-0.4, -0.2) is 49.5 Å². The number of nitrogens with two attached hydrogens (primary N) is 2. The van der Waals surface area contributed by atoms with Gasteiger partial charge in [0.1, 0.15) is 11.5 Å². The number of aldehydes is 1. The summed E-state index contributed by atoms with van der Waals surface area (Å²) in [5.74, 6) is 0.183. The highest BCUT2D eigenvalue weighted by Crippen LogP contribution is 2.20. The summed E-state index contributed by atoms with van der Waals surface area (Å²) in [5, 5.41) is 10.0. The van der Waals surface area contributed by atoms with Gasteiger partial charge in [-0.25, -0.2) is 0 Å². The minimum Gasteiger partial charge on any atom is -0.398 e. The fourth-order valence-corrected chi connectivity index (χ4v) is 2.87. The maximum Gasteiger partial charge on any atom is 0.240 e. The van der Waals surface area contributed by atoms with Gasteiger partial charge in [0.05, 0.1) is 12.4 Å². The van der Waals surface area contributed by atoms with Gasteiger partial charge in [-0.15, -0.1) is 11.8 Å². The van der Waals surface area contributed by atoms with E-state index < -0.39 is 5.41 Å². The first kappa shape index (κ1) is 25.9. The van der Waals surface area contributed by atoms with Gasteiger partial charge in [0, 0.05) is 30.9 Å². The summed E-state index contributed by atoms with van der Waals surface area (Å²) in [4.78, 5) is 36.7. The minimum atomic E-state index is -0.474. The van der Waals surface area contributed by atoms with Crippen LogP contribution >= 0.6 is 11.8 Å². The molecule has 9 nitrogen and oxygen atoms in total. The third-order valence-electron chi connectivity index (χ3n) is 4.17. The van der Waals surface area contributed by atoms with Crippen LogP contribution in [0, 0.1) is 5.41 Å². The second kappa shape index (κ2) is 11.9. The first-order valence-corrected chi connectivity index (χ1v) is 10.6. The molecular formula is C21H32N6O3S. The van der Waals surface area contributed by atoms with E-state index in [0.29, 0.717) is 23.5 Å². The van der Waals surface area contributed by atoms with Crippen LogP contribution in [0.25, 0.3) is 5.70 Å². The molecule has 0 atom stereocenters. The molecule has 1 rings (SSSR count). The number of amides is 2. The van der Waals surface area contributed by atoms with Crippen LogP contribution in [0.1, 0.15) is 26.3 Å². The van der Waals surface area contributed by atoms with Gasteiger partial charge in [-0.2, -0.15) is 0 Å². The molecule has 10 heteroatoms. The number of likely N-dealkylation sites (N-methyl/N-ethyl adjacent to an activating group) is 1. The lowest BCUT2D eigenvalue weighted by atomic mass is 9.95. The highest BCUT2D eigenvalue weighted by atomic mass is 32.2. The Morgan fingerprint density at radius 2 is 1.77 bits per heavy atom. The van der Waals surface area contributed by atoms with Gasteiger partial charge in [0.15, 0.2) is 6.29 Å². The normalized spacial score (nSPS) is 12.5. The van der Waals surface area contributed by atoms with Gasteiger partial charge in [0.2, 0.25) is 11.8 Å². The summed E-state index contributed by atoms with van der Waals surface area (Å²) < 4.78 is 0. The number of hydrogen-bond donors (Lipinski definition) is 5. The highest BCUT2D eigenvalue weighted by Gasteiger charge is 2.21. The number of anilines is 1. The Balaban J connectivity index is 2.53. The standard InChI is InChI=1S/C21H32N6O3S/c1-21(2,3)20(30)26-15-8-6-14(7-9-15)16(22)12-31-13-25-18(29)10-27(5)17(11-28)19(23)24-4/h6-9,11-12,24H,10,13,22-23H2,1-5H3,(H,25,29)(H,26,30)/b16-12-,19-17+. The van der Waals surface area contributed by atoms with E-state index in [0.717, 1.165) is 5.56 Å². The van der Waals surface area contributed by atoms with Gasteiger partial charge in [0.25, 0.3) is 0 Å². The van der Waals surface area contributed by atoms with Gasteiger partial charge in [-0.3, -0.25) is 14.4 Å². The molecule has 2 amide bonds. The monoisotopic (exact) mass is 448 g/mol. The molecule has 0 spiro atoms. The summed E-state index contributed by atoms with van der Waals surface area (Å²) >= 11 is 1.33. The summed E-state index contributed by atoms with van der Waals surface area (Å²) in [6.07, 6.45) is 0.594. The Labute approximate surface area is 187 Å². The van der Waals surface area contributed by atoms with Crippen molar-refractivity contribution in [1.82, 2.24) is 15.5 Å². The van der Waals surface area contributed by atoms with Gasteiger partial charge in [-0.05, 0) is 23.1 Å². The number of allylic oxidation sites excluding steroid dienone is 1. The average Bonchev–Trinajstić information content (AvgIpc) is 2.71. The maximum atomic E-state index is 12.0. The Kier molecular flexibility index (Phi) is 9.94. The van der Waals surface area contributed by atoms with E-state index in [4.69, 9.17) is 11.5 Å². The first-order valence-electron chi connectivity index (χ1n) is 9.59. The number of carbonyl (C=O) groups is 3. The van der Waals surface area contributed by atoms with E-state index in [1.807, 2.05) is 32.9 Å². The third kappa shape index (κ3) is 8.63. The lowest BCUT2D eigenvalue weighted by Gasteiger charge is -2.19. The van der Waals surface area contributed by atoms with Crippen molar-refractivity contribution in [3.63, 3.8) is 0 Å². The van der Waals surface area contributed by atoms with E-state index in [-0.39, 0.29) is 29.9 Å². The third-order valence-corrected chi connectivity index (χ3v) is 4.90. The number of benzene rings is 1. The Morgan fingerprint density at radius 1 is 1.16 bits per heavy atom. The lowest BCUT2D eigenvalue weighted by Crippen LogP contribution is -2.37. The van der Waals surface area contributed by atoms with Crippen molar-refractivity contribution in [1.29, 1.82) is 0 Å². The van der Waals surface area contributed by atoms with Crippen molar-refractivity contribution in [3.8, 4) is 0 Å². The second-order valence-electron chi connectivity index (χ2n) is 7.79. The van der Waals surface area contributed by atoms with Crippen molar-refractivity contribution in [2.24, 2.45) is 16.9 Å². The van der Waals surface area contributed by atoms with Crippen molar-refractivity contribution in [2.75, 3.05) is 31.8 Å². The first-order chi connectivity index (χ1) is 14.5. The van der Waals surface area contributed by atoms with Gasteiger partial charge >= 0.3 is 0 Å². The smallest absolute Gasteiger partial charge is 0.240 e. The van der Waals surface area contributed by atoms with Crippen LogP contribution in [0.3, 0.4) is 0 Å². The van der Waals surface area contributed by atoms with Crippen LogP contribution < -0.4 is 27.4 Å². The molecule has 0 aliphatic rings. The van der Waals surface area contributed by atoms with E-state index in [1.165, 1.54) is 16.7 Å². The second-order valence-corrected chi connectivity index (χ2v) is 8.65. The Bertz CT molecular complexity index is 844. The number of nitrogens with one attached hydrogen (secondary N) is 3. The van der Waals surface area contributed by atoms with Crippen molar-refractivity contribution >= 4 is 41.2 Å². The highest BCUT2D eigenvalue weighted by molar-refractivity contribution is 8.02. The fraction of sp³-hybridized carbons (Fsp3) is 0.381. The van der Waals surface area contributed by atoms with Crippen LogP contribution in [0.2, 0.25) is 0 Å². The molecule has 0 saturated heterocycles. The van der Waals surface area contributed by atoms with E-state index in [9.17, 15) is 14.4 Å². The zero-order valence-electron chi connectivity index (χ0n) is 18.6. The number of hydrogen-bond acceptors (Lipinski definition) is 8. The topological polar surface area (TPSA) is 143 Å². The number of carbonyl (C=O) groups excluding carboxylic acids is 3. The molecule has 0 aromatic heterocycles. The molecule has 1 aromatic carbocycles.